The molecule has 0 amide bonds. The van der Waals surface area contributed by atoms with Crippen LogP contribution in [-0.4, -0.2) is 43.9 Å². The molecule has 1 aromatic heterocycles. The summed E-state index contributed by atoms with van der Waals surface area (Å²) in [4.78, 5) is 17.2. The van der Waals surface area contributed by atoms with E-state index in [0.29, 0.717) is 13.1 Å². The number of nitrogens with zero attached hydrogens (tertiary/aromatic N) is 2. The molecule has 2 aliphatic rings. The third kappa shape index (κ3) is 3.99. The fourth-order valence-corrected chi connectivity index (χ4v) is 5.08. The summed E-state index contributed by atoms with van der Waals surface area (Å²) in [6, 6.07) is 9.55. The first kappa shape index (κ1) is 20.1. The highest BCUT2D eigenvalue weighted by molar-refractivity contribution is 7.86. The van der Waals surface area contributed by atoms with Crippen molar-refractivity contribution in [1.29, 1.82) is 0 Å². The Bertz CT molecular complexity index is 974. The first-order chi connectivity index (χ1) is 12.4. The van der Waals surface area contributed by atoms with Crippen molar-refractivity contribution in [2.45, 2.75) is 25.7 Å². The number of H-pyrrole nitrogens is 1. The molecule has 27 heavy (non-hydrogen) atoms. The van der Waals surface area contributed by atoms with Gasteiger partial charge in [0, 0.05) is 37.6 Å². The van der Waals surface area contributed by atoms with Gasteiger partial charge in [-0.25, -0.2) is 5.14 Å². The molecular formula is C18H25ClN4O3S. The zero-order valence-corrected chi connectivity index (χ0v) is 16.7. The lowest BCUT2D eigenvalue weighted by molar-refractivity contribution is 0.119. The molecule has 2 aliphatic heterocycles. The Morgan fingerprint density at radius 1 is 1.00 bits per heavy atom. The number of nitrogens with one attached hydrogen (secondary N) is 1. The molecule has 3 N–H and O–H groups in total. The number of anilines is 1. The maximum Gasteiger partial charge on any atom is 0.276 e. The number of pyridine rings is 1. The van der Waals surface area contributed by atoms with E-state index in [4.69, 9.17) is 5.14 Å². The molecule has 0 atom stereocenters. The number of para-hydroxylation sites is 1. The van der Waals surface area contributed by atoms with Gasteiger partial charge in [-0.1, -0.05) is 18.2 Å². The molecular weight excluding hydrogens is 388 g/mol. The number of benzene rings is 1. The summed E-state index contributed by atoms with van der Waals surface area (Å²) < 4.78 is 24.4. The molecule has 0 unspecified atom stereocenters. The number of nitrogens with two attached hydrogens (primary N) is 1. The van der Waals surface area contributed by atoms with E-state index in [1.54, 1.807) is 6.07 Å². The van der Waals surface area contributed by atoms with Crippen molar-refractivity contribution in [2.75, 3.05) is 31.1 Å². The summed E-state index contributed by atoms with van der Waals surface area (Å²) in [6.45, 7) is 2.77. The largest absolute Gasteiger partial charge is 0.371 e. The number of rotatable bonds is 2. The summed E-state index contributed by atoms with van der Waals surface area (Å²) in [5.74, 6) is 0. The highest BCUT2D eigenvalue weighted by atomic mass is 35.5. The van der Waals surface area contributed by atoms with Crippen LogP contribution >= 0.6 is 12.4 Å². The lowest BCUT2D eigenvalue weighted by Crippen LogP contribution is -2.49. The molecule has 148 valence electrons. The Morgan fingerprint density at radius 3 is 2.22 bits per heavy atom. The lowest BCUT2D eigenvalue weighted by atomic mass is 9.71. The van der Waals surface area contributed by atoms with Crippen LogP contribution in [0, 0.1) is 5.41 Å². The summed E-state index contributed by atoms with van der Waals surface area (Å²) in [5.41, 5.74) is 1.95. The predicted octanol–water partition coefficient (Wildman–Crippen LogP) is 1.84. The summed E-state index contributed by atoms with van der Waals surface area (Å²) >= 11 is 0. The van der Waals surface area contributed by atoms with Gasteiger partial charge in [0.15, 0.2) is 0 Å². The van der Waals surface area contributed by atoms with E-state index in [9.17, 15) is 13.2 Å². The van der Waals surface area contributed by atoms with Gasteiger partial charge in [0.05, 0.1) is 11.2 Å². The highest BCUT2D eigenvalue weighted by Gasteiger charge is 2.39. The second-order valence-corrected chi connectivity index (χ2v) is 9.04. The zero-order chi connectivity index (χ0) is 18.4. The minimum Gasteiger partial charge on any atom is -0.371 e. The molecule has 2 saturated heterocycles. The summed E-state index contributed by atoms with van der Waals surface area (Å²) in [5, 5.41) is 6.31. The van der Waals surface area contributed by atoms with E-state index in [2.05, 4.69) is 9.88 Å². The van der Waals surface area contributed by atoms with Crippen LogP contribution in [0.4, 0.5) is 5.69 Å². The van der Waals surface area contributed by atoms with Crippen molar-refractivity contribution in [3.05, 3.63) is 40.7 Å². The number of hydrogen-bond donors (Lipinski definition) is 2. The molecule has 0 aliphatic carbocycles. The van der Waals surface area contributed by atoms with Crippen molar-refractivity contribution >= 4 is 39.2 Å². The van der Waals surface area contributed by atoms with E-state index in [0.717, 1.165) is 55.4 Å². The van der Waals surface area contributed by atoms with Gasteiger partial charge in [0.1, 0.15) is 0 Å². The molecule has 0 radical (unpaired) electrons. The fourth-order valence-electron chi connectivity index (χ4n) is 4.38. The molecule has 7 nitrogen and oxygen atoms in total. The van der Waals surface area contributed by atoms with Gasteiger partial charge in [0.2, 0.25) is 5.56 Å². The van der Waals surface area contributed by atoms with Crippen molar-refractivity contribution in [3.63, 3.8) is 0 Å². The molecule has 3 heterocycles. The van der Waals surface area contributed by atoms with Crippen LogP contribution in [0.15, 0.2) is 35.1 Å². The highest BCUT2D eigenvalue weighted by Crippen LogP contribution is 2.42. The quantitative estimate of drug-likeness (QED) is 0.785. The van der Waals surface area contributed by atoms with Gasteiger partial charge in [-0.05, 0) is 37.2 Å². The van der Waals surface area contributed by atoms with Crippen LogP contribution in [0.1, 0.15) is 25.7 Å². The van der Waals surface area contributed by atoms with Crippen LogP contribution in [0.3, 0.4) is 0 Å². The normalized spacial score (nSPS) is 20.6. The maximum atomic E-state index is 12.0. The van der Waals surface area contributed by atoms with Gasteiger partial charge < -0.3 is 9.88 Å². The minimum atomic E-state index is -3.58. The zero-order valence-electron chi connectivity index (χ0n) is 15.1. The molecule has 1 spiro atoms. The number of hydrogen-bond acceptors (Lipinski definition) is 4. The van der Waals surface area contributed by atoms with E-state index < -0.39 is 10.2 Å². The summed E-state index contributed by atoms with van der Waals surface area (Å²) in [7, 11) is -3.58. The third-order valence-electron chi connectivity index (χ3n) is 6.04. The van der Waals surface area contributed by atoms with Crippen LogP contribution in [0.5, 0.6) is 0 Å². The van der Waals surface area contributed by atoms with Gasteiger partial charge in [-0.3, -0.25) is 4.79 Å². The Labute approximate surface area is 165 Å². The SMILES string of the molecule is Cl.NS(=O)(=O)N1CCC2(CCN(c3cc(=O)[nH]c4ccccc34)CC2)CC1. The topological polar surface area (TPSA) is 99.5 Å². The second kappa shape index (κ2) is 7.43. The Hall–Kier alpha value is -1.61. The first-order valence-electron chi connectivity index (χ1n) is 9.01. The van der Waals surface area contributed by atoms with E-state index >= 15 is 0 Å². The molecule has 0 bridgehead atoms. The average molecular weight is 413 g/mol. The molecule has 2 fully saturated rings. The number of piperidine rings is 2. The van der Waals surface area contributed by atoms with Gasteiger partial charge >= 0.3 is 0 Å². The van der Waals surface area contributed by atoms with Crippen LogP contribution in [0.2, 0.25) is 0 Å². The molecule has 4 rings (SSSR count). The van der Waals surface area contributed by atoms with E-state index in [1.807, 2.05) is 24.3 Å². The van der Waals surface area contributed by atoms with Crippen LogP contribution in [-0.2, 0) is 10.2 Å². The van der Waals surface area contributed by atoms with Crippen LogP contribution in [0.25, 0.3) is 10.9 Å². The van der Waals surface area contributed by atoms with E-state index in [1.165, 1.54) is 4.31 Å². The standard InChI is InChI=1S/C18H24N4O3S.ClH/c19-26(24,25)22-11-7-18(8-12-22)5-9-21(10-6-18)16-13-17(23)20-15-4-2-1-3-14(15)16;/h1-4,13H,5-12H2,(H,20,23)(H2,19,24,25);1H. The maximum absolute atomic E-state index is 12.0. The molecule has 9 heteroatoms. The second-order valence-electron chi connectivity index (χ2n) is 7.50. The van der Waals surface area contributed by atoms with Crippen molar-refractivity contribution < 1.29 is 8.42 Å². The van der Waals surface area contributed by atoms with Gasteiger partial charge in [0.25, 0.3) is 10.2 Å². The van der Waals surface area contributed by atoms with Crippen molar-refractivity contribution in [3.8, 4) is 0 Å². The van der Waals surface area contributed by atoms with Crippen molar-refractivity contribution in [1.82, 2.24) is 9.29 Å². The Kier molecular flexibility index (Phi) is 5.54. The number of fused-ring (bicyclic) bond motifs is 1. The monoisotopic (exact) mass is 412 g/mol. The smallest absolute Gasteiger partial charge is 0.276 e. The molecule has 1 aromatic carbocycles. The number of aromatic nitrogens is 1. The number of halogens is 1. The van der Waals surface area contributed by atoms with Crippen LogP contribution < -0.4 is 15.6 Å². The van der Waals surface area contributed by atoms with Gasteiger partial charge in [-0.2, -0.15) is 12.7 Å². The average Bonchev–Trinajstić information content (AvgIpc) is 2.61. The fraction of sp³-hybridized carbons (Fsp3) is 0.500. The third-order valence-corrected chi connectivity index (χ3v) is 7.12. The van der Waals surface area contributed by atoms with Gasteiger partial charge in [-0.15, -0.1) is 12.4 Å². The predicted molar refractivity (Wildman–Crippen MR) is 110 cm³/mol. The molecule has 2 aromatic rings. The van der Waals surface area contributed by atoms with Crippen molar-refractivity contribution in [2.24, 2.45) is 10.6 Å². The number of aromatic amines is 1. The Balaban J connectivity index is 0.00000210. The molecule has 0 saturated carbocycles. The minimum absolute atomic E-state index is 0. The van der Waals surface area contributed by atoms with E-state index in [-0.39, 0.29) is 23.4 Å². The Morgan fingerprint density at radius 2 is 1.59 bits per heavy atom. The lowest BCUT2D eigenvalue weighted by Gasteiger charge is -2.46. The summed E-state index contributed by atoms with van der Waals surface area (Å²) in [6.07, 6.45) is 3.72. The first-order valence-corrected chi connectivity index (χ1v) is 10.5.